The highest BCUT2D eigenvalue weighted by atomic mass is 35.5. The van der Waals surface area contributed by atoms with Crippen LogP contribution in [0, 0.1) is 0 Å². The third-order valence-electron chi connectivity index (χ3n) is 3.14. The summed E-state index contributed by atoms with van der Waals surface area (Å²) in [5, 5.41) is 17.9. The van der Waals surface area contributed by atoms with E-state index in [9.17, 15) is 9.90 Å². The lowest BCUT2D eigenvalue weighted by atomic mass is 10.0. The largest absolute Gasteiger partial charge is 0.477 e. The summed E-state index contributed by atoms with van der Waals surface area (Å²) in [6.07, 6.45) is 3.39. The van der Waals surface area contributed by atoms with Crippen molar-refractivity contribution in [3.63, 3.8) is 0 Å². The van der Waals surface area contributed by atoms with Crippen molar-refractivity contribution in [2.24, 2.45) is 0 Å². The van der Waals surface area contributed by atoms with E-state index in [1.165, 1.54) is 11.8 Å². The Morgan fingerprint density at radius 2 is 2.23 bits per heavy atom. The number of carboxylic acid groups (broad SMARTS) is 1. The number of aromatic nitrogens is 3. The third-order valence-corrected chi connectivity index (χ3v) is 4.24. The Morgan fingerprint density at radius 1 is 1.45 bits per heavy atom. The van der Waals surface area contributed by atoms with Crippen LogP contribution in [0.15, 0.2) is 35.1 Å². The number of benzene rings is 1. The molecule has 114 valence electrons. The van der Waals surface area contributed by atoms with Gasteiger partial charge in [-0.2, -0.15) is 4.98 Å². The van der Waals surface area contributed by atoms with Gasteiger partial charge in [0.1, 0.15) is 11.7 Å². The van der Waals surface area contributed by atoms with Gasteiger partial charge in [-0.3, -0.25) is 0 Å². The molecule has 0 fully saturated rings. The molecule has 1 aromatic carbocycles. The number of anilines is 1. The number of aliphatic carboxylic acids is 1. The lowest BCUT2D eigenvalue weighted by Gasteiger charge is -2.23. The number of nitrogens with one attached hydrogen (secondary N) is 1. The first kappa shape index (κ1) is 15.2. The van der Waals surface area contributed by atoms with Crippen molar-refractivity contribution in [1.82, 2.24) is 14.8 Å². The Morgan fingerprint density at radius 3 is 2.86 bits per heavy atom. The van der Waals surface area contributed by atoms with Gasteiger partial charge >= 0.3 is 5.97 Å². The van der Waals surface area contributed by atoms with Gasteiger partial charge < -0.3 is 10.4 Å². The third kappa shape index (κ3) is 2.67. The normalized spacial score (nSPS) is 16.7. The molecule has 0 bridgehead atoms. The minimum atomic E-state index is -1.07. The molecule has 1 atom stereocenters. The monoisotopic (exact) mass is 356 g/mol. The molecule has 9 heteroatoms. The standard InChI is InChI=1S/C13H10Cl2N4O2S/c1-22-13-17-12-16-9(11(20)21)5-10(19(12)18-13)7-3-2-6(14)4-8(7)15/h2-5,10H,1H3,(H,20,21)(H,16,17,18). The number of hydrogen-bond donors (Lipinski definition) is 2. The van der Waals surface area contributed by atoms with E-state index in [2.05, 4.69) is 15.4 Å². The van der Waals surface area contributed by atoms with E-state index in [4.69, 9.17) is 23.2 Å². The molecule has 2 heterocycles. The fraction of sp³-hybridized carbons (Fsp3) is 0.154. The van der Waals surface area contributed by atoms with E-state index < -0.39 is 12.0 Å². The van der Waals surface area contributed by atoms with Crippen LogP contribution in [0.5, 0.6) is 0 Å². The lowest BCUT2D eigenvalue weighted by Crippen LogP contribution is -2.24. The zero-order chi connectivity index (χ0) is 15.9. The summed E-state index contributed by atoms with van der Waals surface area (Å²) in [6, 6.07) is 4.59. The van der Waals surface area contributed by atoms with Crippen LogP contribution in [0.3, 0.4) is 0 Å². The zero-order valence-corrected chi connectivity index (χ0v) is 13.6. The van der Waals surface area contributed by atoms with Crippen LogP contribution in [0.4, 0.5) is 5.95 Å². The van der Waals surface area contributed by atoms with E-state index in [0.29, 0.717) is 26.7 Å². The fourth-order valence-electron chi connectivity index (χ4n) is 2.15. The van der Waals surface area contributed by atoms with Gasteiger partial charge in [0.15, 0.2) is 0 Å². The van der Waals surface area contributed by atoms with Crippen molar-refractivity contribution in [1.29, 1.82) is 0 Å². The van der Waals surface area contributed by atoms with E-state index in [0.717, 1.165) is 0 Å². The molecule has 0 radical (unpaired) electrons. The molecule has 0 saturated heterocycles. The van der Waals surface area contributed by atoms with E-state index in [1.807, 2.05) is 6.26 Å². The molecule has 22 heavy (non-hydrogen) atoms. The van der Waals surface area contributed by atoms with Gasteiger partial charge in [0.25, 0.3) is 0 Å². The Kier molecular flexibility index (Phi) is 4.03. The first-order valence-corrected chi connectivity index (χ1v) is 8.15. The summed E-state index contributed by atoms with van der Waals surface area (Å²) in [4.78, 5) is 15.6. The maximum atomic E-state index is 11.3. The van der Waals surface area contributed by atoms with Gasteiger partial charge in [-0.25, -0.2) is 9.48 Å². The summed E-state index contributed by atoms with van der Waals surface area (Å²) in [6.45, 7) is 0. The minimum absolute atomic E-state index is 0.0311. The van der Waals surface area contributed by atoms with Crippen molar-refractivity contribution in [3.8, 4) is 0 Å². The van der Waals surface area contributed by atoms with E-state index >= 15 is 0 Å². The number of fused-ring (bicyclic) bond motifs is 1. The van der Waals surface area contributed by atoms with Gasteiger partial charge in [0.05, 0.1) is 0 Å². The lowest BCUT2D eigenvalue weighted by molar-refractivity contribution is -0.132. The van der Waals surface area contributed by atoms with Crippen molar-refractivity contribution in [2.75, 3.05) is 11.6 Å². The summed E-state index contributed by atoms with van der Waals surface area (Å²) in [7, 11) is 0. The first-order chi connectivity index (χ1) is 10.5. The van der Waals surface area contributed by atoms with Gasteiger partial charge in [-0.05, 0) is 30.0 Å². The molecule has 0 saturated carbocycles. The maximum absolute atomic E-state index is 11.3. The number of thioether (sulfide) groups is 1. The topological polar surface area (TPSA) is 80.0 Å². The Bertz CT molecular complexity index is 790. The predicted octanol–water partition coefficient (Wildman–Crippen LogP) is 3.29. The van der Waals surface area contributed by atoms with Crippen LogP contribution in [0.1, 0.15) is 11.6 Å². The first-order valence-electron chi connectivity index (χ1n) is 6.17. The smallest absolute Gasteiger partial charge is 0.352 e. The predicted molar refractivity (Wildman–Crippen MR) is 85.7 cm³/mol. The molecule has 1 aliphatic heterocycles. The molecular formula is C13H10Cl2N4O2S. The van der Waals surface area contributed by atoms with Crippen molar-refractivity contribution >= 4 is 46.9 Å². The highest BCUT2D eigenvalue weighted by Gasteiger charge is 2.28. The van der Waals surface area contributed by atoms with Gasteiger partial charge in [0, 0.05) is 10.0 Å². The van der Waals surface area contributed by atoms with Crippen LogP contribution >= 0.6 is 35.0 Å². The number of hydrogen-bond acceptors (Lipinski definition) is 5. The Hall–Kier alpha value is -1.70. The van der Waals surface area contributed by atoms with E-state index in [1.54, 1.807) is 29.0 Å². The molecule has 1 aromatic heterocycles. The minimum Gasteiger partial charge on any atom is -0.477 e. The summed E-state index contributed by atoms with van der Waals surface area (Å²) in [5.41, 5.74) is 0.730. The molecule has 2 N–H and O–H groups in total. The summed E-state index contributed by atoms with van der Waals surface area (Å²) < 4.78 is 1.60. The number of allylic oxidation sites excluding steroid dienone is 1. The Balaban J connectivity index is 2.15. The van der Waals surface area contributed by atoms with Gasteiger partial charge in [-0.1, -0.05) is 41.0 Å². The highest BCUT2D eigenvalue weighted by Crippen LogP contribution is 2.34. The van der Waals surface area contributed by atoms with Gasteiger partial charge in [-0.15, -0.1) is 5.10 Å². The summed E-state index contributed by atoms with van der Waals surface area (Å²) >= 11 is 13.5. The fourth-order valence-corrected chi connectivity index (χ4v) is 3.02. The molecule has 1 unspecified atom stereocenters. The van der Waals surface area contributed by atoms with Crippen LogP contribution in [-0.4, -0.2) is 32.1 Å². The second-order valence-corrected chi connectivity index (χ2v) is 6.10. The number of nitrogens with zero attached hydrogens (tertiary/aromatic N) is 3. The average molecular weight is 357 g/mol. The Labute approximate surface area is 140 Å². The highest BCUT2D eigenvalue weighted by molar-refractivity contribution is 7.98. The number of carbonyl (C=O) groups is 1. The average Bonchev–Trinajstić information content (AvgIpc) is 2.89. The SMILES string of the molecule is CSc1nc2n(n1)C(c1ccc(Cl)cc1Cl)C=C(C(=O)O)N2. The molecule has 1 aliphatic rings. The van der Waals surface area contributed by atoms with Gasteiger partial charge in [0.2, 0.25) is 11.1 Å². The summed E-state index contributed by atoms with van der Waals surface area (Å²) in [5.74, 6) is -0.713. The molecule has 0 aliphatic carbocycles. The molecule has 2 aromatic rings. The second-order valence-electron chi connectivity index (χ2n) is 4.49. The maximum Gasteiger partial charge on any atom is 0.352 e. The number of halogens is 2. The van der Waals surface area contributed by atoms with Crippen molar-refractivity contribution in [2.45, 2.75) is 11.2 Å². The zero-order valence-electron chi connectivity index (χ0n) is 11.2. The van der Waals surface area contributed by atoms with Crippen molar-refractivity contribution < 1.29 is 9.90 Å². The molecule has 6 nitrogen and oxygen atoms in total. The molecule has 3 rings (SSSR count). The second kappa shape index (κ2) is 5.83. The molecule has 0 spiro atoms. The van der Waals surface area contributed by atoms with Crippen LogP contribution in [0.2, 0.25) is 10.0 Å². The quantitative estimate of drug-likeness (QED) is 0.821. The van der Waals surface area contributed by atoms with Crippen molar-refractivity contribution in [3.05, 3.63) is 45.6 Å². The van der Waals surface area contributed by atoms with Crippen LogP contribution < -0.4 is 5.32 Å². The van der Waals surface area contributed by atoms with Crippen LogP contribution in [0.25, 0.3) is 0 Å². The molecule has 0 amide bonds. The van der Waals surface area contributed by atoms with Crippen LogP contribution in [-0.2, 0) is 4.79 Å². The number of carboxylic acids is 1. The van der Waals surface area contributed by atoms with E-state index in [-0.39, 0.29) is 5.70 Å². The number of rotatable bonds is 3. The molecular weight excluding hydrogens is 347 g/mol.